The van der Waals surface area contributed by atoms with Crippen LogP contribution in [0.4, 0.5) is 0 Å². The highest BCUT2D eigenvalue weighted by Gasteiger charge is 2.14. The van der Waals surface area contributed by atoms with Crippen LogP contribution < -0.4 is 0 Å². The van der Waals surface area contributed by atoms with Gasteiger partial charge in [-0.05, 0) is 29.8 Å². The van der Waals surface area contributed by atoms with E-state index in [0.29, 0.717) is 26.6 Å². The van der Waals surface area contributed by atoms with Gasteiger partial charge in [-0.15, -0.1) is 0 Å². The number of halogens is 3. The summed E-state index contributed by atoms with van der Waals surface area (Å²) in [6.45, 7) is 0.261. The molecule has 0 aliphatic rings. The third-order valence-corrected chi connectivity index (χ3v) is 4.87. The highest BCUT2D eigenvalue weighted by atomic mass is 35.5. The summed E-state index contributed by atoms with van der Waals surface area (Å²) in [4.78, 5) is 9.90. The van der Waals surface area contributed by atoms with Crippen molar-refractivity contribution in [3.05, 3.63) is 81.2 Å². The number of rotatable bonds is 5. The average Bonchev–Trinajstić information content (AvgIpc) is 3.24. The molecule has 0 aliphatic carbocycles. The van der Waals surface area contributed by atoms with Crippen molar-refractivity contribution in [2.75, 3.05) is 0 Å². The van der Waals surface area contributed by atoms with Crippen molar-refractivity contribution < 1.29 is 9.25 Å². The van der Waals surface area contributed by atoms with Gasteiger partial charge >= 0.3 is 5.84 Å². The summed E-state index contributed by atoms with van der Waals surface area (Å²) in [7, 11) is 0. The third-order valence-electron chi connectivity index (χ3n) is 3.88. The van der Waals surface area contributed by atoms with E-state index in [1.54, 1.807) is 47.3 Å². The Morgan fingerprint density at radius 3 is 2.67 bits per heavy atom. The molecule has 0 amide bonds. The summed E-state index contributed by atoms with van der Waals surface area (Å²) < 4.78 is 7.17. The summed E-state index contributed by atoms with van der Waals surface area (Å²) in [6, 6.07) is 12.7. The zero-order valence-corrected chi connectivity index (χ0v) is 16.0. The first-order valence-corrected chi connectivity index (χ1v) is 9.06. The van der Waals surface area contributed by atoms with Gasteiger partial charge in [-0.1, -0.05) is 58.2 Å². The van der Waals surface area contributed by atoms with Crippen LogP contribution in [0.5, 0.6) is 0 Å². The van der Waals surface area contributed by atoms with Crippen molar-refractivity contribution in [1.29, 1.82) is 0 Å². The second kappa shape index (κ2) is 7.64. The zero-order chi connectivity index (χ0) is 18.8. The number of aromatic nitrogens is 2. The fourth-order valence-electron chi connectivity index (χ4n) is 2.58. The van der Waals surface area contributed by atoms with Gasteiger partial charge in [0.2, 0.25) is 0 Å². The number of benzene rings is 2. The summed E-state index contributed by atoms with van der Waals surface area (Å²) in [5.41, 5.74) is 3.20. The quantitative estimate of drug-likeness (QED) is 0.289. The van der Waals surface area contributed by atoms with E-state index in [9.17, 15) is 0 Å². The van der Waals surface area contributed by atoms with Gasteiger partial charge in [0.15, 0.2) is 0 Å². The fourth-order valence-corrected chi connectivity index (χ4v) is 3.02. The number of fused-ring (bicyclic) bond motifs is 1. The van der Waals surface area contributed by atoms with E-state index in [4.69, 9.17) is 44.1 Å². The Morgan fingerprint density at radius 1 is 1.07 bits per heavy atom. The standard InChI is InChI=1S/C19H12Cl3N3O2/c20-14-4-2-13(3-5-14)18-17(25-7-8-26-19(25)24-18)10-23-27-11-12-1-6-15(21)16(22)9-12/h1-10H,11H2/b23-10+. The highest BCUT2D eigenvalue weighted by Crippen LogP contribution is 2.26. The topological polar surface area (TPSA) is 52.0 Å². The van der Waals surface area contributed by atoms with Crippen LogP contribution in [-0.4, -0.2) is 15.6 Å². The van der Waals surface area contributed by atoms with Gasteiger partial charge in [0.25, 0.3) is 0 Å². The number of hydrogen-bond acceptors (Lipinski definition) is 4. The largest absolute Gasteiger partial charge is 0.432 e. The Bertz CT molecular complexity index is 1120. The first-order valence-electron chi connectivity index (χ1n) is 7.92. The molecular weight excluding hydrogens is 409 g/mol. The molecule has 0 aliphatic heterocycles. The molecule has 2 aromatic carbocycles. The molecule has 27 heavy (non-hydrogen) atoms. The number of imidazole rings is 1. The van der Waals surface area contributed by atoms with Crippen molar-refractivity contribution in [3.63, 3.8) is 0 Å². The van der Waals surface area contributed by atoms with E-state index in [-0.39, 0.29) is 6.61 Å². The predicted octanol–water partition coefficient (Wildman–Crippen LogP) is 6.11. The summed E-state index contributed by atoms with van der Waals surface area (Å²) >= 11 is 17.9. The van der Waals surface area contributed by atoms with Crippen molar-refractivity contribution in [3.8, 4) is 11.3 Å². The molecule has 136 valence electrons. The summed E-state index contributed by atoms with van der Waals surface area (Å²) in [6.07, 6.45) is 4.92. The van der Waals surface area contributed by atoms with Crippen LogP contribution >= 0.6 is 34.8 Å². The number of hydrogen-bond donors (Lipinski definition) is 0. The van der Waals surface area contributed by atoms with Crippen LogP contribution in [0.2, 0.25) is 15.1 Å². The monoisotopic (exact) mass is 419 g/mol. The average molecular weight is 421 g/mol. The maximum Gasteiger partial charge on any atom is 0.306 e. The van der Waals surface area contributed by atoms with Gasteiger partial charge in [0, 0.05) is 16.8 Å². The normalized spacial score (nSPS) is 11.5. The van der Waals surface area contributed by atoms with E-state index >= 15 is 0 Å². The minimum Gasteiger partial charge on any atom is -0.432 e. The van der Waals surface area contributed by atoms with Crippen LogP contribution in [0.15, 0.2) is 64.5 Å². The molecule has 8 heteroatoms. The Balaban J connectivity index is 1.58. The molecule has 2 heterocycles. The summed E-state index contributed by atoms with van der Waals surface area (Å²) in [5.74, 6) is 0.464. The second-order valence-corrected chi connectivity index (χ2v) is 6.92. The molecule has 5 nitrogen and oxygen atoms in total. The minimum absolute atomic E-state index is 0.261. The van der Waals surface area contributed by atoms with E-state index in [2.05, 4.69) is 10.1 Å². The molecule has 4 rings (SSSR count). The Kier molecular flexibility index (Phi) is 5.07. The molecule has 0 saturated carbocycles. The van der Waals surface area contributed by atoms with Crippen molar-refractivity contribution in [2.24, 2.45) is 5.16 Å². The Hall–Kier alpha value is -2.47. The van der Waals surface area contributed by atoms with E-state index < -0.39 is 0 Å². The molecule has 2 aromatic heterocycles. The van der Waals surface area contributed by atoms with E-state index in [1.807, 2.05) is 18.2 Å². The lowest BCUT2D eigenvalue weighted by Gasteiger charge is -2.02. The molecule has 0 radical (unpaired) electrons. The lowest BCUT2D eigenvalue weighted by atomic mass is 10.1. The molecule has 0 N–H and O–H groups in total. The van der Waals surface area contributed by atoms with Crippen LogP contribution in [0, 0.1) is 0 Å². The molecule has 0 fully saturated rings. The third kappa shape index (κ3) is 3.81. The van der Waals surface area contributed by atoms with Gasteiger partial charge in [0.05, 0.1) is 22.0 Å². The molecule has 0 saturated heterocycles. The van der Waals surface area contributed by atoms with E-state index in [1.165, 1.54) is 0 Å². The fraction of sp³-hybridized carbons (Fsp3) is 0.0526. The molecule has 0 atom stereocenters. The molecule has 0 spiro atoms. The first kappa shape index (κ1) is 17.9. The lowest BCUT2D eigenvalue weighted by molar-refractivity contribution is 0.132. The van der Waals surface area contributed by atoms with Gasteiger partial charge < -0.3 is 9.25 Å². The molecule has 4 aromatic rings. The zero-order valence-electron chi connectivity index (χ0n) is 13.8. The Labute approximate surface area is 169 Å². The maximum atomic E-state index is 6.00. The number of oxazole rings is 1. The smallest absolute Gasteiger partial charge is 0.306 e. The van der Waals surface area contributed by atoms with Crippen LogP contribution in [0.1, 0.15) is 11.3 Å². The summed E-state index contributed by atoms with van der Waals surface area (Å²) in [5, 5.41) is 5.69. The van der Waals surface area contributed by atoms with Crippen molar-refractivity contribution in [2.45, 2.75) is 6.61 Å². The maximum absolute atomic E-state index is 6.00. The SMILES string of the molecule is Clc1ccc(-c2nc3occn3c2/C=N/OCc2ccc(Cl)c(Cl)c2)cc1. The van der Waals surface area contributed by atoms with Gasteiger partial charge in [-0.2, -0.15) is 4.98 Å². The van der Waals surface area contributed by atoms with Gasteiger partial charge in [-0.3, -0.25) is 4.40 Å². The molecule has 0 unspecified atom stereocenters. The van der Waals surface area contributed by atoms with E-state index in [0.717, 1.165) is 16.8 Å². The van der Waals surface area contributed by atoms with Crippen molar-refractivity contribution >= 4 is 46.9 Å². The van der Waals surface area contributed by atoms with Crippen LogP contribution in [0.25, 0.3) is 17.1 Å². The highest BCUT2D eigenvalue weighted by molar-refractivity contribution is 6.42. The van der Waals surface area contributed by atoms with Crippen LogP contribution in [0.3, 0.4) is 0 Å². The van der Waals surface area contributed by atoms with Gasteiger partial charge in [0.1, 0.15) is 18.6 Å². The van der Waals surface area contributed by atoms with Crippen molar-refractivity contribution in [1.82, 2.24) is 9.38 Å². The Morgan fingerprint density at radius 2 is 1.89 bits per heavy atom. The molecule has 0 bridgehead atoms. The van der Waals surface area contributed by atoms with Gasteiger partial charge in [-0.25, -0.2) is 0 Å². The molecular formula is C19H12Cl3N3O2. The second-order valence-electron chi connectivity index (χ2n) is 5.66. The lowest BCUT2D eigenvalue weighted by Crippen LogP contribution is -1.93. The van der Waals surface area contributed by atoms with Crippen LogP contribution in [-0.2, 0) is 11.4 Å². The first-order chi connectivity index (χ1) is 13.1. The number of nitrogens with zero attached hydrogens (tertiary/aromatic N) is 3. The minimum atomic E-state index is 0.261. The predicted molar refractivity (Wildman–Crippen MR) is 107 cm³/mol. The number of oxime groups is 1.